The Bertz CT molecular complexity index is 916. The molecule has 0 fully saturated rings. The molecule has 2 N–H and O–H groups in total. The number of hydrogen-bond acceptors (Lipinski definition) is 6. The summed E-state index contributed by atoms with van der Waals surface area (Å²) in [5.41, 5.74) is 1.57. The molecule has 124 valence electrons. The first-order valence-corrected chi connectivity index (χ1v) is 8.68. The highest BCUT2D eigenvalue weighted by Crippen LogP contribution is 2.23. The van der Waals surface area contributed by atoms with E-state index in [1.807, 2.05) is 30.3 Å². The molecule has 0 unspecified atom stereocenters. The fraction of sp³-hybridized carbons (Fsp3) is 0.125. The van der Waals surface area contributed by atoms with E-state index in [0.29, 0.717) is 17.2 Å². The lowest BCUT2D eigenvalue weighted by atomic mass is 10.3. The third-order valence-corrected chi connectivity index (χ3v) is 4.92. The number of para-hydroxylation sites is 1. The van der Waals surface area contributed by atoms with Crippen LogP contribution >= 0.6 is 0 Å². The van der Waals surface area contributed by atoms with Crippen LogP contribution in [0.5, 0.6) is 0 Å². The van der Waals surface area contributed by atoms with Crippen molar-refractivity contribution < 1.29 is 12.9 Å². The molecular formula is C16H16N4O3S. The van der Waals surface area contributed by atoms with Gasteiger partial charge in [0.2, 0.25) is 0 Å². The first kappa shape index (κ1) is 16.0. The molecule has 0 amide bonds. The molecule has 2 aromatic heterocycles. The summed E-state index contributed by atoms with van der Waals surface area (Å²) in [6.07, 6.45) is 1.45. The van der Waals surface area contributed by atoms with Crippen LogP contribution in [0.3, 0.4) is 0 Å². The fourth-order valence-electron chi connectivity index (χ4n) is 2.26. The number of sulfonamides is 1. The average molecular weight is 344 g/mol. The largest absolute Gasteiger partial charge is 0.360 e. The van der Waals surface area contributed by atoms with E-state index in [9.17, 15) is 8.42 Å². The van der Waals surface area contributed by atoms with Gasteiger partial charge in [-0.15, -0.1) is 0 Å². The Morgan fingerprint density at radius 3 is 2.33 bits per heavy atom. The molecule has 8 heteroatoms. The van der Waals surface area contributed by atoms with E-state index >= 15 is 0 Å². The van der Waals surface area contributed by atoms with E-state index in [1.54, 1.807) is 26.0 Å². The lowest BCUT2D eigenvalue weighted by Gasteiger charge is -2.09. The normalized spacial score (nSPS) is 11.2. The van der Waals surface area contributed by atoms with Crippen LogP contribution < -0.4 is 10.0 Å². The van der Waals surface area contributed by atoms with Gasteiger partial charge in [0.1, 0.15) is 11.5 Å². The van der Waals surface area contributed by atoms with Crippen molar-refractivity contribution in [2.45, 2.75) is 18.7 Å². The van der Waals surface area contributed by atoms with Crippen LogP contribution in [0.4, 0.5) is 17.2 Å². The number of hydrogen-bond donors (Lipinski definition) is 2. The van der Waals surface area contributed by atoms with Gasteiger partial charge in [-0.1, -0.05) is 23.4 Å². The van der Waals surface area contributed by atoms with Crippen molar-refractivity contribution in [3.8, 4) is 0 Å². The van der Waals surface area contributed by atoms with Crippen LogP contribution in [0.2, 0.25) is 0 Å². The summed E-state index contributed by atoms with van der Waals surface area (Å²) < 4.78 is 32.2. The van der Waals surface area contributed by atoms with E-state index in [-0.39, 0.29) is 10.7 Å². The van der Waals surface area contributed by atoms with Crippen molar-refractivity contribution in [3.63, 3.8) is 0 Å². The third kappa shape index (κ3) is 3.38. The average Bonchev–Trinajstić information content (AvgIpc) is 2.90. The zero-order valence-electron chi connectivity index (χ0n) is 13.1. The van der Waals surface area contributed by atoms with Crippen LogP contribution in [0, 0.1) is 13.8 Å². The van der Waals surface area contributed by atoms with Gasteiger partial charge in [-0.05, 0) is 38.1 Å². The molecule has 3 aromatic rings. The van der Waals surface area contributed by atoms with E-state index in [1.165, 1.54) is 6.20 Å². The van der Waals surface area contributed by atoms with Crippen LogP contribution in [0.25, 0.3) is 0 Å². The predicted molar refractivity (Wildman–Crippen MR) is 90.7 cm³/mol. The summed E-state index contributed by atoms with van der Waals surface area (Å²) in [6, 6.07) is 12.9. The molecule has 2 heterocycles. The van der Waals surface area contributed by atoms with E-state index in [0.717, 1.165) is 5.69 Å². The summed E-state index contributed by atoms with van der Waals surface area (Å²) in [4.78, 5) is 4.26. The molecule has 0 bridgehead atoms. The molecule has 3 rings (SSSR count). The van der Waals surface area contributed by atoms with Crippen LogP contribution in [-0.4, -0.2) is 18.6 Å². The molecule has 0 aliphatic carbocycles. The number of nitrogens with zero attached hydrogens (tertiary/aromatic N) is 2. The number of nitrogens with one attached hydrogen (secondary N) is 2. The number of anilines is 3. The van der Waals surface area contributed by atoms with Crippen LogP contribution in [0.1, 0.15) is 11.5 Å². The van der Waals surface area contributed by atoms with E-state index < -0.39 is 10.0 Å². The molecule has 0 saturated carbocycles. The van der Waals surface area contributed by atoms with Crippen molar-refractivity contribution in [2.75, 3.05) is 10.0 Å². The highest BCUT2D eigenvalue weighted by Gasteiger charge is 2.24. The van der Waals surface area contributed by atoms with Gasteiger partial charge in [-0.2, -0.15) is 0 Å². The third-order valence-electron chi connectivity index (χ3n) is 3.30. The van der Waals surface area contributed by atoms with Gasteiger partial charge >= 0.3 is 0 Å². The summed E-state index contributed by atoms with van der Waals surface area (Å²) in [5.74, 6) is 0.858. The van der Waals surface area contributed by atoms with Gasteiger partial charge in [-0.3, -0.25) is 4.72 Å². The maximum atomic E-state index is 12.4. The highest BCUT2D eigenvalue weighted by molar-refractivity contribution is 7.92. The molecule has 0 aliphatic heterocycles. The van der Waals surface area contributed by atoms with Crippen molar-refractivity contribution in [1.29, 1.82) is 0 Å². The van der Waals surface area contributed by atoms with Gasteiger partial charge in [0, 0.05) is 5.69 Å². The zero-order chi connectivity index (χ0) is 17.2. The van der Waals surface area contributed by atoms with Gasteiger partial charge in [0.15, 0.2) is 10.7 Å². The van der Waals surface area contributed by atoms with Gasteiger partial charge in [0.05, 0.1) is 11.9 Å². The SMILES string of the molecule is Cc1noc(C)c1S(=O)(=O)Nc1ccc(Nc2ccccc2)nc1. The maximum Gasteiger partial charge on any atom is 0.267 e. The Morgan fingerprint density at radius 1 is 1.00 bits per heavy atom. The van der Waals surface area contributed by atoms with Gasteiger partial charge in [0.25, 0.3) is 10.0 Å². The molecule has 0 spiro atoms. The summed E-state index contributed by atoms with van der Waals surface area (Å²) >= 11 is 0. The minimum atomic E-state index is -3.77. The van der Waals surface area contributed by atoms with E-state index in [4.69, 9.17) is 4.52 Å². The minimum absolute atomic E-state index is 0.0500. The Morgan fingerprint density at radius 2 is 1.75 bits per heavy atom. The molecule has 24 heavy (non-hydrogen) atoms. The highest BCUT2D eigenvalue weighted by atomic mass is 32.2. The molecule has 7 nitrogen and oxygen atoms in total. The Kier molecular flexibility index (Phi) is 4.22. The first-order chi connectivity index (χ1) is 11.5. The fourth-order valence-corrected chi connectivity index (χ4v) is 3.64. The van der Waals surface area contributed by atoms with Crippen LogP contribution in [0.15, 0.2) is 58.1 Å². The Balaban J connectivity index is 1.77. The molecule has 1 aromatic carbocycles. The smallest absolute Gasteiger partial charge is 0.267 e. The monoisotopic (exact) mass is 344 g/mol. The van der Waals surface area contributed by atoms with Crippen molar-refractivity contribution in [3.05, 3.63) is 60.1 Å². The second kappa shape index (κ2) is 6.32. The number of pyridine rings is 1. The second-order valence-corrected chi connectivity index (χ2v) is 6.80. The zero-order valence-corrected chi connectivity index (χ0v) is 14.0. The van der Waals surface area contributed by atoms with Crippen LogP contribution in [-0.2, 0) is 10.0 Å². The number of aromatic nitrogens is 2. The van der Waals surface area contributed by atoms with Gasteiger partial charge in [-0.25, -0.2) is 13.4 Å². The quantitative estimate of drug-likeness (QED) is 0.737. The van der Waals surface area contributed by atoms with Crippen molar-refractivity contribution >= 4 is 27.2 Å². The molecule has 0 radical (unpaired) electrons. The summed E-state index contributed by atoms with van der Waals surface area (Å²) in [6.45, 7) is 3.13. The van der Waals surface area contributed by atoms with E-state index in [2.05, 4.69) is 20.2 Å². The first-order valence-electron chi connectivity index (χ1n) is 7.19. The molecule has 0 atom stereocenters. The second-order valence-electron chi connectivity index (χ2n) is 5.18. The van der Waals surface area contributed by atoms with Crippen molar-refractivity contribution in [2.24, 2.45) is 0 Å². The summed E-state index contributed by atoms with van der Waals surface area (Å²) in [5, 5.41) is 6.79. The molecule has 0 aliphatic rings. The van der Waals surface area contributed by atoms with Crippen molar-refractivity contribution in [1.82, 2.24) is 10.1 Å². The number of aryl methyl sites for hydroxylation is 2. The number of rotatable bonds is 5. The number of benzene rings is 1. The van der Waals surface area contributed by atoms with Gasteiger partial charge < -0.3 is 9.84 Å². The lowest BCUT2D eigenvalue weighted by molar-refractivity contribution is 0.390. The topological polar surface area (TPSA) is 97.1 Å². The maximum absolute atomic E-state index is 12.4. The Labute approximate surface area is 139 Å². The Hall–Kier alpha value is -2.87. The standard InChI is InChI=1S/C16H16N4O3S/c1-11-16(12(2)23-19-11)24(21,22)20-14-8-9-15(17-10-14)18-13-6-4-3-5-7-13/h3-10,20H,1-2H3,(H,17,18). The lowest BCUT2D eigenvalue weighted by Crippen LogP contribution is -2.14. The summed E-state index contributed by atoms with van der Waals surface area (Å²) in [7, 11) is -3.77. The molecular weight excluding hydrogens is 328 g/mol. The predicted octanol–water partition coefficient (Wildman–Crippen LogP) is 3.23. The molecule has 0 saturated heterocycles. The minimum Gasteiger partial charge on any atom is -0.360 e.